The number of hydrogen-bond donors (Lipinski definition) is 0. The van der Waals surface area contributed by atoms with E-state index in [-0.39, 0.29) is 12.0 Å². The summed E-state index contributed by atoms with van der Waals surface area (Å²) in [5, 5.41) is 0. The van der Waals surface area contributed by atoms with Crippen LogP contribution in [0, 0.1) is 5.92 Å². The fourth-order valence-corrected chi connectivity index (χ4v) is 2.32. The molecule has 0 amide bonds. The molecule has 20 heavy (non-hydrogen) atoms. The van der Waals surface area contributed by atoms with Crippen molar-refractivity contribution in [3.05, 3.63) is 0 Å². The molecule has 0 N–H and O–H groups in total. The fourth-order valence-electron chi connectivity index (χ4n) is 2.32. The number of rotatable bonds is 7. The Morgan fingerprint density at radius 1 is 1.10 bits per heavy atom. The molecule has 1 heterocycles. The third-order valence-electron chi connectivity index (χ3n) is 3.12. The summed E-state index contributed by atoms with van der Waals surface area (Å²) < 4.78 is 21.6. The number of hydrogen-bond acceptors (Lipinski definition) is 6. The summed E-state index contributed by atoms with van der Waals surface area (Å²) in [5.74, 6) is -1.01. The second kappa shape index (κ2) is 8.21. The third kappa shape index (κ3) is 4.76. The highest BCUT2D eigenvalue weighted by Crippen LogP contribution is 2.32. The molecule has 6 heteroatoms. The minimum absolute atomic E-state index is 0.125. The third-order valence-corrected chi connectivity index (χ3v) is 3.12. The number of ether oxygens (including phenoxy) is 4. The summed E-state index contributed by atoms with van der Waals surface area (Å²) >= 11 is 0. The van der Waals surface area contributed by atoms with Crippen molar-refractivity contribution < 1.29 is 28.5 Å². The Morgan fingerprint density at radius 3 is 2.25 bits per heavy atom. The normalized spacial score (nSPS) is 29.2. The van der Waals surface area contributed by atoms with E-state index in [4.69, 9.17) is 18.9 Å². The van der Waals surface area contributed by atoms with E-state index in [0.717, 1.165) is 12.8 Å². The number of carbonyl (C=O) groups is 2. The van der Waals surface area contributed by atoms with Crippen LogP contribution < -0.4 is 0 Å². The van der Waals surface area contributed by atoms with Gasteiger partial charge in [0, 0.05) is 20.5 Å². The molecule has 1 aliphatic rings. The van der Waals surface area contributed by atoms with Crippen LogP contribution in [0.15, 0.2) is 0 Å². The van der Waals surface area contributed by atoms with E-state index in [1.165, 1.54) is 13.8 Å². The Bertz CT molecular complexity index is 330. The van der Waals surface area contributed by atoms with Gasteiger partial charge in [0.05, 0.1) is 18.6 Å². The Kier molecular flexibility index (Phi) is 6.95. The summed E-state index contributed by atoms with van der Waals surface area (Å²) in [6.07, 6.45) is 0.0291. The summed E-state index contributed by atoms with van der Waals surface area (Å²) in [5.41, 5.74) is 0. The molecular weight excluding hydrogens is 264 g/mol. The van der Waals surface area contributed by atoms with Crippen LogP contribution in [-0.2, 0) is 28.5 Å². The Balaban J connectivity index is 2.76. The highest BCUT2D eigenvalue weighted by molar-refractivity contribution is 5.67. The van der Waals surface area contributed by atoms with Crippen LogP contribution in [0.2, 0.25) is 0 Å². The van der Waals surface area contributed by atoms with Gasteiger partial charge in [-0.1, -0.05) is 13.8 Å². The Labute approximate surface area is 119 Å². The van der Waals surface area contributed by atoms with Crippen molar-refractivity contribution in [1.29, 1.82) is 0 Å². The van der Waals surface area contributed by atoms with E-state index < -0.39 is 24.3 Å². The summed E-state index contributed by atoms with van der Waals surface area (Å²) in [6.45, 7) is 7.68. The molecule has 6 nitrogen and oxygen atoms in total. The second-order valence-electron chi connectivity index (χ2n) is 4.87. The monoisotopic (exact) mass is 288 g/mol. The molecule has 1 aliphatic heterocycles. The fraction of sp³-hybridized carbons (Fsp3) is 0.857. The molecule has 0 radical (unpaired) electrons. The SMILES string of the molecule is CCCOC[C@@H]1[C@@H](CC)OC(OC(C)=O)[C@@H]1OC(C)=O. The largest absolute Gasteiger partial charge is 0.455 e. The quantitative estimate of drug-likeness (QED) is 0.524. The van der Waals surface area contributed by atoms with Gasteiger partial charge in [0.1, 0.15) is 0 Å². The van der Waals surface area contributed by atoms with Gasteiger partial charge in [-0.05, 0) is 12.8 Å². The lowest BCUT2D eigenvalue weighted by atomic mass is 9.97. The molecular formula is C14H24O6. The van der Waals surface area contributed by atoms with Crippen molar-refractivity contribution in [3.63, 3.8) is 0 Å². The predicted molar refractivity (Wildman–Crippen MR) is 70.9 cm³/mol. The Hall–Kier alpha value is -1.14. The van der Waals surface area contributed by atoms with Crippen molar-refractivity contribution in [3.8, 4) is 0 Å². The molecule has 0 saturated carbocycles. The minimum Gasteiger partial charge on any atom is -0.455 e. The summed E-state index contributed by atoms with van der Waals surface area (Å²) in [7, 11) is 0. The van der Waals surface area contributed by atoms with Crippen molar-refractivity contribution in [2.75, 3.05) is 13.2 Å². The first kappa shape index (κ1) is 16.9. The maximum absolute atomic E-state index is 11.2. The van der Waals surface area contributed by atoms with Gasteiger partial charge >= 0.3 is 11.9 Å². The van der Waals surface area contributed by atoms with Crippen LogP contribution in [0.4, 0.5) is 0 Å². The first-order chi connectivity index (χ1) is 9.49. The average Bonchev–Trinajstić information content (AvgIpc) is 2.67. The smallest absolute Gasteiger partial charge is 0.305 e. The lowest BCUT2D eigenvalue weighted by Gasteiger charge is -2.22. The number of carbonyl (C=O) groups excluding carboxylic acids is 2. The van der Waals surface area contributed by atoms with Crippen LogP contribution in [0.3, 0.4) is 0 Å². The van der Waals surface area contributed by atoms with Crippen molar-refractivity contribution in [2.45, 2.75) is 59.0 Å². The van der Waals surface area contributed by atoms with E-state index in [1.54, 1.807) is 0 Å². The van der Waals surface area contributed by atoms with E-state index in [2.05, 4.69) is 0 Å². The van der Waals surface area contributed by atoms with E-state index >= 15 is 0 Å². The molecule has 0 aromatic carbocycles. The van der Waals surface area contributed by atoms with E-state index in [0.29, 0.717) is 13.2 Å². The molecule has 0 aliphatic carbocycles. The average molecular weight is 288 g/mol. The lowest BCUT2D eigenvalue weighted by molar-refractivity contribution is -0.194. The van der Waals surface area contributed by atoms with Gasteiger partial charge in [0.15, 0.2) is 6.10 Å². The summed E-state index contributed by atoms with van der Waals surface area (Å²) in [4.78, 5) is 22.4. The zero-order valence-corrected chi connectivity index (χ0v) is 12.6. The maximum atomic E-state index is 11.2. The van der Waals surface area contributed by atoms with Gasteiger partial charge in [0.25, 0.3) is 0 Å². The molecule has 1 saturated heterocycles. The molecule has 1 unspecified atom stereocenters. The maximum Gasteiger partial charge on any atom is 0.305 e. The molecule has 1 rings (SSSR count). The van der Waals surface area contributed by atoms with E-state index in [1.807, 2.05) is 13.8 Å². The number of esters is 2. The molecule has 4 atom stereocenters. The first-order valence-corrected chi connectivity index (χ1v) is 7.07. The second-order valence-corrected chi connectivity index (χ2v) is 4.87. The van der Waals surface area contributed by atoms with Crippen molar-refractivity contribution >= 4 is 11.9 Å². The highest BCUT2D eigenvalue weighted by atomic mass is 16.7. The van der Waals surface area contributed by atoms with E-state index in [9.17, 15) is 9.59 Å². The molecule has 1 fully saturated rings. The molecule has 0 aromatic heterocycles. The highest BCUT2D eigenvalue weighted by Gasteiger charge is 2.47. The molecule has 116 valence electrons. The van der Waals surface area contributed by atoms with Gasteiger partial charge < -0.3 is 18.9 Å². The molecule has 0 bridgehead atoms. The van der Waals surface area contributed by atoms with Gasteiger partial charge in [-0.3, -0.25) is 9.59 Å². The standard InChI is InChI=1S/C14H24O6/c1-5-7-17-8-11-12(6-2)20-14(19-10(4)16)13(11)18-9(3)15/h11-14H,5-8H2,1-4H3/t11-,12-,13-,14?/m1/s1. The van der Waals surface area contributed by atoms with Crippen LogP contribution in [-0.4, -0.2) is 43.7 Å². The van der Waals surface area contributed by atoms with Gasteiger partial charge in [-0.25, -0.2) is 0 Å². The van der Waals surface area contributed by atoms with Crippen LogP contribution >= 0.6 is 0 Å². The van der Waals surface area contributed by atoms with Crippen LogP contribution in [0.1, 0.15) is 40.5 Å². The first-order valence-electron chi connectivity index (χ1n) is 7.07. The zero-order valence-electron chi connectivity index (χ0n) is 12.6. The minimum atomic E-state index is -0.850. The Morgan fingerprint density at radius 2 is 1.75 bits per heavy atom. The van der Waals surface area contributed by atoms with Gasteiger partial charge in [-0.2, -0.15) is 0 Å². The van der Waals surface area contributed by atoms with Crippen molar-refractivity contribution in [1.82, 2.24) is 0 Å². The zero-order chi connectivity index (χ0) is 15.1. The van der Waals surface area contributed by atoms with Crippen molar-refractivity contribution in [2.24, 2.45) is 5.92 Å². The van der Waals surface area contributed by atoms with Crippen LogP contribution in [0.5, 0.6) is 0 Å². The molecule has 0 spiro atoms. The van der Waals surface area contributed by atoms with Gasteiger partial charge in [-0.15, -0.1) is 0 Å². The molecule has 0 aromatic rings. The lowest BCUT2D eigenvalue weighted by Crippen LogP contribution is -2.37. The summed E-state index contributed by atoms with van der Waals surface area (Å²) in [6, 6.07) is 0. The van der Waals surface area contributed by atoms with Gasteiger partial charge in [0.2, 0.25) is 6.29 Å². The predicted octanol–water partition coefficient (Wildman–Crippen LogP) is 1.66. The van der Waals surface area contributed by atoms with Crippen LogP contribution in [0.25, 0.3) is 0 Å². The topological polar surface area (TPSA) is 71.1 Å².